The molecule has 0 bridgehead atoms. The van der Waals surface area contributed by atoms with Crippen molar-refractivity contribution in [3.05, 3.63) is 34.4 Å². The normalized spacial score (nSPS) is 19.0. The summed E-state index contributed by atoms with van der Waals surface area (Å²) < 4.78 is 26.5. The molecule has 2 rings (SSSR count). The van der Waals surface area contributed by atoms with Crippen LogP contribution < -0.4 is 4.72 Å². The van der Waals surface area contributed by atoms with Crippen LogP contribution in [0.3, 0.4) is 0 Å². The van der Waals surface area contributed by atoms with Crippen molar-refractivity contribution in [2.75, 3.05) is 6.54 Å². The molecule has 7 nitrogen and oxygen atoms in total. The van der Waals surface area contributed by atoms with Crippen molar-refractivity contribution >= 4 is 32.6 Å². The SMILES string of the molecule is C[C@@H]1CN=C(NS(=O)(=O)c2ccccc2[N+](=O)[O-])S1. The first-order chi connectivity index (χ1) is 8.90. The highest BCUT2D eigenvalue weighted by molar-refractivity contribution is 8.15. The summed E-state index contributed by atoms with van der Waals surface area (Å²) in [6.45, 7) is 2.44. The van der Waals surface area contributed by atoms with Crippen LogP contribution in [0.2, 0.25) is 0 Å². The Morgan fingerprint density at radius 2 is 2.16 bits per heavy atom. The van der Waals surface area contributed by atoms with Gasteiger partial charge in [0.25, 0.3) is 15.7 Å². The molecule has 0 radical (unpaired) electrons. The van der Waals surface area contributed by atoms with E-state index in [9.17, 15) is 18.5 Å². The number of amidine groups is 1. The van der Waals surface area contributed by atoms with Gasteiger partial charge in [-0.05, 0) is 6.07 Å². The Labute approximate surface area is 114 Å². The topological polar surface area (TPSA) is 102 Å². The zero-order chi connectivity index (χ0) is 14.0. The van der Waals surface area contributed by atoms with E-state index < -0.39 is 20.6 Å². The lowest BCUT2D eigenvalue weighted by Crippen LogP contribution is -2.28. The van der Waals surface area contributed by atoms with Gasteiger partial charge < -0.3 is 0 Å². The first-order valence-corrected chi connectivity index (χ1v) is 7.74. The Balaban J connectivity index is 2.33. The molecule has 0 saturated heterocycles. The lowest BCUT2D eigenvalue weighted by Gasteiger charge is -2.07. The van der Waals surface area contributed by atoms with Crippen LogP contribution in [0.4, 0.5) is 5.69 Å². The van der Waals surface area contributed by atoms with E-state index in [2.05, 4.69) is 9.71 Å². The number of rotatable bonds is 3. The summed E-state index contributed by atoms with van der Waals surface area (Å²) in [5.41, 5.74) is -0.452. The number of nitro benzene ring substituents is 1. The second-order valence-corrected chi connectivity index (χ2v) is 6.98. The number of nitrogens with one attached hydrogen (secondary N) is 1. The molecule has 102 valence electrons. The van der Waals surface area contributed by atoms with Crippen LogP contribution in [0.1, 0.15) is 6.92 Å². The molecule has 0 unspecified atom stereocenters. The van der Waals surface area contributed by atoms with Crippen LogP contribution in [0, 0.1) is 10.1 Å². The molecule has 1 heterocycles. The predicted octanol–water partition coefficient (Wildman–Crippen LogP) is 1.36. The van der Waals surface area contributed by atoms with Gasteiger partial charge in [0.2, 0.25) is 0 Å². The summed E-state index contributed by atoms with van der Waals surface area (Å²) in [6.07, 6.45) is 0. The number of para-hydroxylation sites is 1. The molecule has 0 saturated carbocycles. The molecular formula is C10H11N3O4S2. The number of benzene rings is 1. The van der Waals surface area contributed by atoms with Crippen LogP contribution >= 0.6 is 11.8 Å². The molecule has 1 atom stereocenters. The summed E-state index contributed by atoms with van der Waals surface area (Å²) in [7, 11) is -3.99. The summed E-state index contributed by atoms with van der Waals surface area (Å²) in [4.78, 5) is 13.8. The zero-order valence-corrected chi connectivity index (χ0v) is 11.6. The molecular weight excluding hydrogens is 290 g/mol. The van der Waals surface area contributed by atoms with Crippen molar-refractivity contribution in [3.63, 3.8) is 0 Å². The highest BCUT2D eigenvalue weighted by Gasteiger charge is 2.28. The van der Waals surface area contributed by atoms with Crippen LogP contribution in [-0.4, -0.2) is 30.3 Å². The van der Waals surface area contributed by atoms with Crippen molar-refractivity contribution < 1.29 is 13.3 Å². The van der Waals surface area contributed by atoms with E-state index in [1.807, 2.05) is 6.92 Å². The quantitative estimate of drug-likeness (QED) is 0.671. The number of thioether (sulfide) groups is 1. The lowest BCUT2D eigenvalue weighted by molar-refractivity contribution is -0.387. The van der Waals surface area contributed by atoms with Crippen molar-refractivity contribution in [3.8, 4) is 0 Å². The number of sulfonamides is 1. The van der Waals surface area contributed by atoms with Crippen LogP contribution in [-0.2, 0) is 10.0 Å². The maximum absolute atomic E-state index is 12.1. The Hall–Kier alpha value is -1.61. The van der Waals surface area contributed by atoms with Gasteiger partial charge in [0.15, 0.2) is 10.1 Å². The molecule has 1 aromatic carbocycles. The van der Waals surface area contributed by atoms with E-state index in [1.54, 1.807) is 0 Å². The van der Waals surface area contributed by atoms with Gasteiger partial charge in [-0.2, -0.15) is 0 Å². The minimum absolute atomic E-state index is 0.198. The fourth-order valence-corrected chi connectivity index (χ4v) is 3.82. The van der Waals surface area contributed by atoms with Crippen LogP contribution in [0.15, 0.2) is 34.2 Å². The standard InChI is InChI=1S/C10H11N3O4S2/c1-7-6-11-10(18-7)12-19(16,17)9-5-3-2-4-8(9)13(14)15/h2-5,7H,6H2,1H3,(H,11,12)/t7-/m1/s1. The van der Waals surface area contributed by atoms with Gasteiger partial charge in [-0.15, -0.1) is 0 Å². The summed E-state index contributed by atoms with van der Waals surface area (Å²) >= 11 is 1.29. The van der Waals surface area contributed by atoms with Gasteiger partial charge in [-0.3, -0.25) is 19.8 Å². The Kier molecular flexibility index (Phi) is 3.76. The second-order valence-electron chi connectivity index (χ2n) is 3.90. The molecule has 0 amide bonds. The Morgan fingerprint density at radius 3 is 2.74 bits per heavy atom. The van der Waals surface area contributed by atoms with Crippen molar-refractivity contribution in [2.24, 2.45) is 4.99 Å². The largest absolute Gasteiger partial charge is 0.289 e. The molecule has 0 aromatic heterocycles. The van der Waals surface area contributed by atoms with E-state index in [4.69, 9.17) is 0 Å². The number of aliphatic imine (C=N–C) groups is 1. The first-order valence-electron chi connectivity index (χ1n) is 5.37. The fraction of sp³-hybridized carbons (Fsp3) is 0.300. The number of nitro groups is 1. The third kappa shape index (κ3) is 3.04. The number of nitrogens with zero attached hydrogens (tertiary/aromatic N) is 2. The summed E-state index contributed by atoms with van der Waals surface area (Å²) in [5.74, 6) is 0. The maximum Gasteiger partial charge on any atom is 0.289 e. The van der Waals surface area contributed by atoms with Crippen molar-refractivity contribution in [2.45, 2.75) is 17.1 Å². The molecule has 9 heteroatoms. The van der Waals surface area contributed by atoms with Gasteiger partial charge in [0.05, 0.1) is 11.5 Å². The smallest absolute Gasteiger partial charge is 0.261 e. The number of hydrogen-bond acceptors (Lipinski definition) is 6. The first kappa shape index (κ1) is 13.8. The van der Waals surface area contributed by atoms with Gasteiger partial charge >= 0.3 is 0 Å². The Morgan fingerprint density at radius 1 is 1.47 bits per heavy atom. The van der Waals surface area contributed by atoms with Gasteiger partial charge in [-0.25, -0.2) is 8.42 Å². The van der Waals surface area contributed by atoms with Crippen molar-refractivity contribution in [1.29, 1.82) is 0 Å². The van der Waals surface area contributed by atoms with E-state index in [0.29, 0.717) is 6.54 Å². The lowest BCUT2D eigenvalue weighted by atomic mass is 10.3. The minimum atomic E-state index is -3.99. The minimum Gasteiger partial charge on any atom is -0.261 e. The van der Waals surface area contributed by atoms with Gasteiger partial charge in [0, 0.05) is 11.3 Å². The summed E-state index contributed by atoms with van der Waals surface area (Å²) in [5, 5.41) is 11.3. The Bertz CT molecular complexity index is 642. The molecule has 0 spiro atoms. The van der Waals surface area contributed by atoms with Crippen LogP contribution in [0.25, 0.3) is 0 Å². The third-order valence-electron chi connectivity index (χ3n) is 2.38. The average Bonchev–Trinajstić information content (AvgIpc) is 2.74. The summed E-state index contributed by atoms with van der Waals surface area (Å²) in [6, 6.07) is 5.21. The molecule has 1 aromatic rings. The molecule has 19 heavy (non-hydrogen) atoms. The predicted molar refractivity (Wildman–Crippen MR) is 72.8 cm³/mol. The second kappa shape index (κ2) is 5.17. The van der Waals surface area contributed by atoms with E-state index in [-0.39, 0.29) is 15.3 Å². The average molecular weight is 301 g/mol. The molecule has 0 aliphatic carbocycles. The van der Waals surface area contributed by atoms with Gasteiger partial charge in [0.1, 0.15) is 0 Å². The van der Waals surface area contributed by atoms with E-state index in [0.717, 1.165) is 6.07 Å². The van der Waals surface area contributed by atoms with Crippen molar-refractivity contribution in [1.82, 2.24) is 4.72 Å². The molecule has 0 fully saturated rings. The molecule has 1 aliphatic rings. The zero-order valence-electron chi connectivity index (χ0n) is 9.94. The maximum atomic E-state index is 12.1. The van der Waals surface area contributed by atoms with E-state index in [1.165, 1.54) is 30.0 Å². The van der Waals surface area contributed by atoms with E-state index >= 15 is 0 Å². The molecule has 1 N–H and O–H groups in total. The molecule has 1 aliphatic heterocycles. The highest BCUT2D eigenvalue weighted by atomic mass is 32.2. The third-order valence-corrected chi connectivity index (χ3v) is 4.90. The monoisotopic (exact) mass is 301 g/mol. The van der Waals surface area contributed by atoms with Crippen LogP contribution in [0.5, 0.6) is 0 Å². The fourth-order valence-electron chi connectivity index (χ4n) is 1.54. The van der Waals surface area contributed by atoms with Gasteiger partial charge in [-0.1, -0.05) is 30.8 Å². The highest BCUT2D eigenvalue weighted by Crippen LogP contribution is 2.25. The number of hydrogen-bond donors (Lipinski definition) is 1.